The molecule has 2 aromatic carbocycles. The summed E-state index contributed by atoms with van der Waals surface area (Å²) in [6, 6.07) is 2.82. The second-order valence-electron chi connectivity index (χ2n) is 5.11. The maximum Gasteiger partial charge on any atom is 0.416 e. The van der Waals surface area contributed by atoms with Crippen molar-refractivity contribution in [3.8, 4) is 0 Å². The molecule has 0 saturated heterocycles. The zero-order valence-corrected chi connectivity index (χ0v) is 16.0. The van der Waals surface area contributed by atoms with E-state index in [1.54, 1.807) is 0 Å². The molecule has 0 fully saturated rings. The van der Waals surface area contributed by atoms with E-state index in [1.165, 1.54) is 0 Å². The van der Waals surface area contributed by atoms with Gasteiger partial charge >= 0.3 is 6.18 Å². The van der Waals surface area contributed by atoms with Crippen LogP contribution in [0.1, 0.15) is 5.56 Å². The van der Waals surface area contributed by atoms with Crippen LogP contribution in [0, 0.1) is 0 Å². The van der Waals surface area contributed by atoms with E-state index in [0.717, 1.165) is 18.2 Å². The van der Waals surface area contributed by atoms with Gasteiger partial charge in [-0.05, 0) is 28.6 Å². The Morgan fingerprint density at radius 1 is 0.821 bits per heavy atom. The second-order valence-corrected chi connectivity index (χ2v) is 6.62. The molecular formula is C13H5Cl4F3N6O2. The molecular weight excluding hydrogens is 471 g/mol. The number of hydrogen-bond donors (Lipinski definition) is 2. The van der Waals surface area contributed by atoms with Crippen LogP contribution in [0.4, 0.5) is 13.2 Å². The maximum atomic E-state index is 12.2. The third-order valence-corrected chi connectivity index (χ3v) is 5.19. The van der Waals surface area contributed by atoms with E-state index in [-0.39, 0.29) is 42.2 Å². The van der Waals surface area contributed by atoms with E-state index >= 15 is 0 Å². The topological polar surface area (TPSA) is 102 Å². The predicted octanol–water partition coefficient (Wildman–Crippen LogP) is 4.97. The van der Waals surface area contributed by atoms with Crippen LogP contribution < -0.4 is 0 Å². The molecule has 2 heterocycles. The van der Waals surface area contributed by atoms with Crippen molar-refractivity contribution in [2.75, 3.05) is 0 Å². The molecule has 8 nitrogen and oxygen atoms in total. The molecule has 0 aliphatic rings. The summed E-state index contributed by atoms with van der Waals surface area (Å²) in [6.07, 6.45) is -4.43. The van der Waals surface area contributed by atoms with Gasteiger partial charge in [0.2, 0.25) is 0 Å². The van der Waals surface area contributed by atoms with Crippen molar-refractivity contribution < 1.29 is 23.6 Å². The lowest BCUT2D eigenvalue weighted by atomic mass is 10.2. The average molecular weight is 476 g/mol. The smallest absolute Gasteiger partial charge is 0.410 e. The number of benzene rings is 2. The lowest BCUT2D eigenvalue weighted by Crippen LogP contribution is -2.04. The first-order valence-electron chi connectivity index (χ1n) is 6.91. The normalized spacial score (nSPS) is 11.7. The third kappa shape index (κ3) is 3.58. The number of nitrogens with zero attached hydrogens (tertiary/aromatic N) is 6. The third-order valence-electron chi connectivity index (χ3n) is 3.40. The van der Waals surface area contributed by atoms with Crippen LogP contribution in [-0.4, -0.2) is 40.7 Å². The summed E-state index contributed by atoms with van der Waals surface area (Å²) in [7, 11) is 0. The fraction of sp³-hybridized carbons (Fsp3) is 0.0769. The number of halogens is 7. The summed E-state index contributed by atoms with van der Waals surface area (Å²) >= 11 is 23.2. The van der Waals surface area contributed by atoms with E-state index in [2.05, 4.69) is 20.6 Å². The molecule has 4 rings (SSSR count). The minimum absolute atomic E-state index is 0.0587. The van der Waals surface area contributed by atoms with E-state index in [1.807, 2.05) is 0 Å². The zero-order valence-electron chi connectivity index (χ0n) is 13.0. The molecule has 4 aromatic rings. The van der Waals surface area contributed by atoms with Crippen LogP contribution in [0.25, 0.3) is 22.1 Å². The zero-order chi connectivity index (χ0) is 20.8. The second kappa shape index (κ2) is 7.32. The van der Waals surface area contributed by atoms with Gasteiger partial charge in [-0.3, -0.25) is 0 Å². The van der Waals surface area contributed by atoms with Crippen molar-refractivity contribution in [1.82, 2.24) is 30.3 Å². The van der Waals surface area contributed by atoms with Gasteiger partial charge in [-0.1, -0.05) is 56.1 Å². The maximum absolute atomic E-state index is 12.2. The molecule has 0 atom stereocenters. The van der Waals surface area contributed by atoms with Gasteiger partial charge in [-0.15, -0.1) is 10.2 Å². The first kappa shape index (κ1) is 20.5. The van der Waals surface area contributed by atoms with Crippen LogP contribution in [0.2, 0.25) is 20.1 Å². The summed E-state index contributed by atoms with van der Waals surface area (Å²) in [4.78, 5) is 0.802. The molecule has 2 N–H and O–H groups in total. The lowest BCUT2D eigenvalue weighted by molar-refractivity contribution is -0.137. The highest BCUT2D eigenvalue weighted by Crippen LogP contribution is 2.41. The quantitative estimate of drug-likeness (QED) is 0.211. The average Bonchev–Trinajstić information content (AvgIpc) is 3.21. The highest BCUT2D eigenvalue weighted by molar-refractivity contribution is 6.54. The van der Waals surface area contributed by atoms with Gasteiger partial charge < -0.3 is 10.4 Å². The van der Waals surface area contributed by atoms with Gasteiger partial charge in [0.25, 0.3) is 0 Å². The number of rotatable bonds is 0. The molecule has 0 radical (unpaired) electrons. The van der Waals surface area contributed by atoms with Crippen molar-refractivity contribution >= 4 is 68.5 Å². The number of fused-ring (bicyclic) bond motifs is 2. The van der Waals surface area contributed by atoms with E-state index in [9.17, 15) is 18.4 Å². The van der Waals surface area contributed by atoms with Crippen molar-refractivity contribution in [3.05, 3.63) is 43.9 Å². The highest BCUT2D eigenvalue weighted by Gasteiger charge is 2.31. The minimum atomic E-state index is -4.43. The van der Waals surface area contributed by atoms with Gasteiger partial charge in [0.15, 0.2) is 5.52 Å². The number of aromatic nitrogens is 6. The molecule has 15 heteroatoms. The molecule has 0 aliphatic heterocycles. The molecule has 0 saturated carbocycles. The molecule has 0 bridgehead atoms. The Kier molecular flexibility index (Phi) is 5.36. The Morgan fingerprint density at radius 3 is 2.07 bits per heavy atom. The monoisotopic (exact) mass is 474 g/mol. The first-order valence-corrected chi connectivity index (χ1v) is 8.42. The van der Waals surface area contributed by atoms with Crippen molar-refractivity contribution in [2.45, 2.75) is 6.18 Å². The van der Waals surface area contributed by atoms with E-state index in [4.69, 9.17) is 51.6 Å². The molecule has 0 aliphatic carbocycles. The summed E-state index contributed by atoms with van der Waals surface area (Å²) < 4.78 is 36.7. The Labute approximate surface area is 172 Å². The molecule has 0 unspecified atom stereocenters. The number of hydrogen-bond acceptors (Lipinski definition) is 6. The Balaban J connectivity index is 0.000000161. The van der Waals surface area contributed by atoms with Gasteiger partial charge in [0, 0.05) is 0 Å². The van der Waals surface area contributed by atoms with Crippen LogP contribution in [0.3, 0.4) is 0 Å². The van der Waals surface area contributed by atoms with Crippen LogP contribution in [0.5, 0.6) is 0 Å². The predicted molar refractivity (Wildman–Crippen MR) is 94.5 cm³/mol. The summed E-state index contributed by atoms with van der Waals surface area (Å²) in [6.45, 7) is 0. The van der Waals surface area contributed by atoms with Crippen molar-refractivity contribution in [3.63, 3.8) is 0 Å². The van der Waals surface area contributed by atoms with Crippen LogP contribution in [0.15, 0.2) is 18.2 Å². The molecule has 148 valence electrons. The standard InChI is InChI=1S/C7H4F3N3O.C6HCl4N3O/c8-7(9,10)4-1-2-5-6(3-4)13(14)12-11-5;7-1-2(8)4(10)6-5(3(1)9)11-12-13(6)14/h1-3,14H;14H. The van der Waals surface area contributed by atoms with Gasteiger partial charge in [0.1, 0.15) is 16.6 Å². The highest BCUT2D eigenvalue weighted by atomic mass is 35.5. The van der Waals surface area contributed by atoms with Gasteiger partial charge in [-0.2, -0.15) is 13.2 Å². The van der Waals surface area contributed by atoms with Crippen molar-refractivity contribution in [2.24, 2.45) is 0 Å². The Hall–Kier alpha value is -2.21. The molecule has 0 amide bonds. The number of alkyl halides is 3. The van der Waals surface area contributed by atoms with E-state index < -0.39 is 11.7 Å². The van der Waals surface area contributed by atoms with Crippen LogP contribution >= 0.6 is 46.4 Å². The fourth-order valence-corrected chi connectivity index (χ4v) is 3.04. The SMILES string of the molecule is On1nnc2c(Cl)c(Cl)c(Cl)c(Cl)c21.On1nnc2ccc(C(F)(F)F)cc21. The summed E-state index contributed by atoms with van der Waals surface area (Å²) in [5.74, 6) is 0. The van der Waals surface area contributed by atoms with Crippen molar-refractivity contribution in [1.29, 1.82) is 0 Å². The fourth-order valence-electron chi connectivity index (χ4n) is 2.10. The Morgan fingerprint density at radius 2 is 1.43 bits per heavy atom. The van der Waals surface area contributed by atoms with E-state index in [0.29, 0.717) is 9.69 Å². The van der Waals surface area contributed by atoms with Gasteiger partial charge in [0.05, 0.1) is 25.7 Å². The largest absolute Gasteiger partial charge is 0.416 e. The first-order chi connectivity index (χ1) is 13.0. The summed E-state index contributed by atoms with van der Waals surface area (Å²) in [5.41, 5.74) is -0.373. The molecule has 28 heavy (non-hydrogen) atoms. The summed E-state index contributed by atoms with van der Waals surface area (Å²) in [5, 5.41) is 32.1. The minimum Gasteiger partial charge on any atom is -0.410 e. The molecule has 0 spiro atoms. The van der Waals surface area contributed by atoms with Gasteiger partial charge in [-0.25, -0.2) is 0 Å². The Bertz CT molecular complexity index is 1190. The lowest BCUT2D eigenvalue weighted by Gasteiger charge is -2.05. The molecule has 2 aromatic heterocycles. The van der Waals surface area contributed by atoms with Crippen LogP contribution in [-0.2, 0) is 6.18 Å².